The van der Waals surface area contributed by atoms with Crippen molar-refractivity contribution in [1.82, 2.24) is 5.43 Å². The van der Waals surface area contributed by atoms with Crippen LogP contribution in [0.4, 0.5) is 0 Å². The van der Waals surface area contributed by atoms with Crippen molar-refractivity contribution in [3.8, 4) is 5.75 Å². The van der Waals surface area contributed by atoms with Gasteiger partial charge in [0.1, 0.15) is 5.75 Å². The van der Waals surface area contributed by atoms with Gasteiger partial charge in [0.2, 0.25) is 0 Å². The third-order valence-electron chi connectivity index (χ3n) is 3.95. The molecule has 0 fully saturated rings. The SMILES string of the molecule is Cc1ccccc1C(=O)N/N=C\c1ccc(OC(=O)c2ccccc2Br)cc1. The van der Waals surface area contributed by atoms with Crippen LogP contribution in [0.25, 0.3) is 0 Å². The predicted molar refractivity (Wildman–Crippen MR) is 112 cm³/mol. The average molecular weight is 437 g/mol. The Morgan fingerprint density at radius 1 is 0.929 bits per heavy atom. The third-order valence-corrected chi connectivity index (χ3v) is 4.65. The molecule has 0 unspecified atom stereocenters. The lowest BCUT2D eigenvalue weighted by Crippen LogP contribution is -2.18. The van der Waals surface area contributed by atoms with E-state index < -0.39 is 5.97 Å². The zero-order chi connectivity index (χ0) is 19.9. The van der Waals surface area contributed by atoms with Crippen molar-refractivity contribution in [3.05, 3.63) is 99.5 Å². The minimum atomic E-state index is -0.445. The number of nitrogens with one attached hydrogen (secondary N) is 1. The molecular weight excluding hydrogens is 420 g/mol. The molecule has 0 aliphatic rings. The summed E-state index contributed by atoms with van der Waals surface area (Å²) < 4.78 is 6.04. The molecule has 0 aromatic heterocycles. The standard InChI is InChI=1S/C22H17BrN2O3/c1-15-6-2-3-7-18(15)21(26)25-24-14-16-10-12-17(13-11-16)28-22(27)19-8-4-5-9-20(19)23/h2-14H,1H3,(H,25,26)/b24-14-. The summed E-state index contributed by atoms with van der Waals surface area (Å²) in [4.78, 5) is 24.3. The van der Waals surface area contributed by atoms with Crippen molar-refractivity contribution in [3.63, 3.8) is 0 Å². The molecule has 0 aliphatic carbocycles. The van der Waals surface area contributed by atoms with Crippen molar-refractivity contribution in [2.24, 2.45) is 5.10 Å². The first kappa shape index (κ1) is 19.5. The van der Waals surface area contributed by atoms with Crippen LogP contribution in [0.3, 0.4) is 0 Å². The number of hydrazone groups is 1. The van der Waals surface area contributed by atoms with Gasteiger partial charge in [0.15, 0.2) is 0 Å². The van der Waals surface area contributed by atoms with Crippen LogP contribution in [0.2, 0.25) is 0 Å². The van der Waals surface area contributed by atoms with Gasteiger partial charge in [0, 0.05) is 10.0 Å². The van der Waals surface area contributed by atoms with E-state index in [0.29, 0.717) is 21.3 Å². The second kappa shape index (κ2) is 9.10. The summed E-state index contributed by atoms with van der Waals surface area (Å²) in [5.41, 5.74) is 5.17. The summed E-state index contributed by atoms with van der Waals surface area (Å²) in [6, 6.07) is 21.2. The van der Waals surface area contributed by atoms with Crippen LogP contribution in [-0.2, 0) is 0 Å². The summed E-state index contributed by atoms with van der Waals surface area (Å²) in [6.45, 7) is 1.87. The molecule has 5 nitrogen and oxygen atoms in total. The minimum absolute atomic E-state index is 0.270. The number of benzene rings is 3. The summed E-state index contributed by atoms with van der Waals surface area (Å²) >= 11 is 3.33. The van der Waals surface area contributed by atoms with Crippen molar-refractivity contribution >= 4 is 34.0 Å². The molecular formula is C22H17BrN2O3. The first-order valence-corrected chi connectivity index (χ1v) is 9.30. The van der Waals surface area contributed by atoms with Crippen LogP contribution in [0.15, 0.2) is 82.4 Å². The average Bonchev–Trinajstić information content (AvgIpc) is 2.70. The fourth-order valence-corrected chi connectivity index (χ4v) is 2.91. The van der Waals surface area contributed by atoms with Crippen molar-refractivity contribution < 1.29 is 14.3 Å². The number of carbonyl (C=O) groups excluding carboxylic acids is 2. The molecule has 3 rings (SSSR count). The van der Waals surface area contributed by atoms with Crippen molar-refractivity contribution in [1.29, 1.82) is 0 Å². The Kier molecular flexibility index (Phi) is 6.34. The second-order valence-electron chi connectivity index (χ2n) is 5.95. The van der Waals surface area contributed by atoms with Gasteiger partial charge in [-0.25, -0.2) is 10.2 Å². The molecule has 6 heteroatoms. The second-order valence-corrected chi connectivity index (χ2v) is 6.81. The Morgan fingerprint density at radius 2 is 1.57 bits per heavy atom. The van der Waals surface area contributed by atoms with Gasteiger partial charge in [0.05, 0.1) is 11.8 Å². The van der Waals surface area contributed by atoms with Gasteiger partial charge < -0.3 is 4.74 Å². The highest BCUT2D eigenvalue weighted by Crippen LogP contribution is 2.19. The number of ether oxygens (including phenoxy) is 1. The van der Waals surface area contributed by atoms with Crippen LogP contribution in [-0.4, -0.2) is 18.1 Å². The molecule has 1 N–H and O–H groups in total. The van der Waals surface area contributed by atoms with E-state index in [1.807, 2.05) is 25.1 Å². The maximum atomic E-state index is 12.2. The van der Waals surface area contributed by atoms with Gasteiger partial charge in [0.25, 0.3) is 5.91 Å². The molecule has 0 radical (unpaired) electrons. The summed E-state index contributed by atoms with van der Waals surface area (Å²) in [7, 11) is 0. The number of hydrogen-bond donors (Lipinski definition) is 1. The quantitative estimate of drug-likeness (QED) is 0.271. The molecule has 28 heavy (non-hydrogen) atoms. The monoisotopic (exact) mass is 436 g/mol. The molecule has 0 heterocycles. The molecule has 0 bridgehead atoms. The third kappa shape index (κ3) is 4.92. The number of amides is 1. The molecule has 140 valence electrons. The van der Waals surface area contributed by atoms with Gasteiger partial charge in [-0.2, -0.15) is 5.10 Å². The topological polar surface area (TPSA) is 67.8 Å². The molecule has 0 saturated heterocycles. The predicted octanol–water partition coefficient (Wildman–Crippen LogP) is 4.74. The molecule has 3 aromatic rings. The van der Waals surface area contributed by atoms with E-state index in [9.17, 15) is 9.59 Å². The van der Waals surface area contributed by atoms with E-state index >= 15 is 0 Å². The van der Waals surface area contributed by atoms with E-state index in [1.165, 1.54) is 6.21 Å². The van der Waals surface area contributed by atoms with E-state index in [4.69, 9.17) is 4.74 Å². The van der Waals surface area contributed by atoms with E-state index in [1.54, 1.807) is 54.6 Å². The number of carbonyl (C=O) groups is 2. The lowest BCUT2D eigenvalue weighted by molar-refractivity contribution is 0.0733. The lowest BCUT2D eigenvalue weighted by Gasteiger charge is -2.06. The van der Waals surface area contributed by atoms with Gasteiger partial charge in [-0.05, 0) is 76.4 Å². The zero-order valence-corrected chi connectivity index (χ0v) is 16.6. The largest absolute Gasteiger partial charge is 0.423 e. The van der Waals surface area contributed by atoms with E-state index in [2.05, 4.69) is 26.5 Å². The van der Waals surface area contributed by atoms with Crippen LogP contribution in [0, 0.1) is 6.92 Å². The molecule has 1 amide bonds. The van der Waals surface area contributed by atoms with Crippen molar-refractivity contribution in [2.75, 3.05) is 0 Å². The molecule has 0 saturated carbocycles. The summed E-state index contributed by atoms with van der Waals surface area (Å²) in [5, 5.41) is 3.97. The normalized spacial score (nSPS) is 10.6. The fraction of sp³-hybridized carbons (Fsp3) is 0.0455. The molecule has 3 aromatic carbocycles. The molecule has 0 aliphatic heterocycles. The van der Waals surface area contributed by atoms with Crippen LogP contribution >= 0.6 is 15.9 Å². The Morgan fingerprint density at radius 3 is 2.25 bits per heavy atom. The number of halogens is 1. The highest BCUT2D eigenvalue weighted by Gasteiger charge is 2.11. The van der Waals surface area contributed by atoms with Gasteiger partial charge in [-0.1, -0.05) is 30.3 Å². The van der Waals surface area contributed by atoms with Crippen LogP contribution < -0.4 is 10.2 Å². The number of aryl methyl sites for hydroxylation is 1. The van der Waals surface area contributed by atoms with E-state index in [-0.39, 0.29) is 5.91 Å². The highest BCUT2D eigenvalue weighted by molar-refractivity contribution is 9.10. The zero-order valence-electron chi connectivity index (χ0n) is 15.1. The van der Waals surface area contributed by atoms with E-state index in [0.717, 1.165) is 11.1 Å². The maximum Gasteiger partial charge on any atom is 0.344 e. The number of esters is 1. The summed E-state index contributed by atoms with van der Waals surface area (Å²) in [5.74, 6) is -0.297. The van der Waals surface area contributed by atoms with Gasteiger partial charge in [-0.3, -0.25) is 4.79 Å². The Bertz CT molecular complexity index is 1030. The number of nitrogens with zero attached hydrogens (tertiary/aromatic N) is 1. The smallest absolute Gasteiger partial charge is 0.344 e. The minimum Gasteiger partial charge on any atom is -0.423 e. The Hall–Kier alpha value is -3.25. The fourth-order valence-electron chi connectivity index (χ4n) is 2.46. The summed E-state index contributed by atoms with van der Waals surface area (Å²) in [6.07, 6.45) is 1.52. The van der Waals surface area contributed by atoms with Crippen molar-refractivity contribution in [2.45, 2.75) is 6.92 Å². The van der Waals surface area contributed by atoms with Crippen LogP contribution in [0.5, 0.6) is 5.75 Å². The lowest BCUT2D eigenvalue weighted by atomic mass is 10.1. The maximum absolute atomic E-state index is 12.2. The Balaban J connectivity index is 1.59. The Labute approximate surface area is 171 Å². The van der Waals surface area contributed by atoms with Crippen LogP contribution in [0.1, 0.15) is 31.8 Å². The molecule has 0 spiro atoms. The highest BCUT2D eigenvalue weighted by atomic mass is 79.9. The van der Waals surface area contributed by atoms with Gasteiger partial charge >= 0.3 is 5.97 Å². The van der Waals surface area contributed by atoms with Gasteiger partial charge in [-0.15, -0.1) is 0 Å². The number of rotatable bonds is 5. The first-order valence-electron chi connectivity index (χ1n) is 8.50. The molecule has 0 atom stereocenters. The first-order chi connectivity index (χ1) is 13.5. The number of hydrogen-bond acceptors (Lipinski definition) is 4.